The summed E-state index contributed by atoms with van der Waals surface area (Å²) in [6.45, 7) is 4.09. The van der Waals surface area contributed by atoms with Crippen molar-refractivity contribution in [3.05, 3.63) is 441 Å². The van der Waals surface area contributed by atoms with Crippen molar-refractivity contribution in [1.82, 2.24) is 16.0 Å². The standard InChI is InChI=1S/C116H124N6O21/c1-116(2,3)143-115(126)111-107(138-79-91-62-38-15-39-63-91)103(134-75-87-54-30-11-31-55-87)98(129-70-82-44-20-6-21-45-82)94(142-111)66-120-113(124)109-105(136-77-89-58-34-13-35-59-89)101(132-73-85-50-26-9-27-51-85)96(127-68-80-40-16-4-17-41-80)92(140-109)64-118-112(123)108-104(135-76-88-56-32-12-33-57-88)100(131-72-84-48-24-8-25-49-84)97(128-69-81-42-18-5-19-43-81)93(139-108)65-119-114(125)110-106(137-78-90-60-36-14-37-61-90)102(133-74-86-52-28-10-29-53-86)99(95(141-110)67-121-122-117)130-71-83-46-22-7-23-47-83/h4-63,92-111H,64-79H2,1-3H3,(H,118,123)(H,119,125)(H,120,124)/t92-,93-,94-,95-,96-,97-,98-,99-,100+,101+,102+,103+,104-,105-,106-,107-,108-,109-,110-,111-/m1/s1. The summed E-state index contributed by atoms with van der Waals surface area (Å²) in [7, 11) is 0. The summed E-state index contributed by atoms with van der Waals surface area (Å²) in [6, 6.07) is 115. The zero-order valence-corrected chi connectivity index (χ0v) is 80.4. The van der Waals surface area contributed by atoms with Crippen LogP contribution in [0, 0.1) is 0 Å². The molecule has 0 aliphatic carbocycles. The monoisotopic (exact) mass is 1940 g/mol. The summed E-state index contributed by atoms with van der Waals surface area (Å²) in [4.78, 5) is 68.0. The Kier molecular flexibility index (Phi) is 38.6. The first-order valence-corrected chi connectivity index (χ1v) is 48.7. The first-order chi connectivity index (χ1) is 70.2. The number of benzene rings is 12. The Morgan fingerprint density at radius 3 is 0.594 bits per heavy atom. The highest BCUT2D eigenvalue weighted by molar-refractivity contribution is 5.83. The van der Waals surface area contributed by atoms with E-state index in [4.69, 9.17) is 80.5 Å². The molecule has 0 saturated carbocycles. The number of hydrogen-bond donors (Lipinski definition) is 3. The fourth-order valence-electron chi connectivity index (χ4n) is 18.0. The zero-order valence-electron chi connectivity index (χ0n) is 80.4. The minimum atomic E-state index is -1.63. The maximum atomic E-state index is 16.8. The first kappa shape index (κ1) is 103. The van der Waals surface area contributed by atoms with E-state index >= 15 is 19.2 Å². The molecule has 27 heteroatoms. The molecule has 20 atom stereocenters. The molecule has 0 bridgehead atoms. The van der Waals surface area contributed by atoms with Crippen molar-refractivity contribution in [2.75, 3.05) is 26.2 Å². The fraction of sp³-hybridized carbons (Fsp3) is 0.345. The van der Waals surface area contributed by atoms with E-state index in [1.54, 1.807) is 20.8 Å². The van der Waals surface area contributed by atoms with Crippen LogP contribution in [0.5, 0.6) is 0 Å². The third-order valence-electron chi connectivity index (χ3n) is 25.1. The number of azide groups is 1. The molecule has 12 aromatic rings. The predicted molar refractivity (Wildman–Crippen MR) is 534 cm³/mol. The summed E-state index contributed by atoms with van der Waals surface area (Å²) < 4.78 is 120. The fourth-order valence-corrected chi connectivity index (χ4v) is 18.0. The van der Waals surface area contributed by atoms with Gasteiger partial charge in [-0.1, -0.05) is 369 Å². The quantitative estimate of drug-likeness (QED) is 0.0138. The van der Waals surface area contributed by atoms with E-state index in [0.29, 0.717) is 0 Å². The van der Waals surface area contributed by atoms with Crippen molar-refractivity contribution in [2.24, 2.45) is 5.11 Å². The van der Waals surface area contributed by atoms with Crippen molar-refractivity contribution in [3.8, 4) is 0 Å². The Morgan fingerprint density at radius 2 is 0.406 bits per heavy atom. The molecule has 4 aliphatic rings. The maximum Gasteiger partial charge on any atom is 0.338 e. The van der Waals surface area contributed by atoms with Gasteiger partial charge in [0.25, 0.3) is 17.7 Å². The third kappa shape index (κ3) is 30.2. The molecule has 4 heterocycles. The van der Waals surface area contributed by atoms with Crippen molar-refractivity contribution in [3.63, 3.8) is 0 Å². The third-order valence-corrected chi connectivity index (χ3v) is 25.1. The van der Waals surface area contributed by atoms with Crippen LogP contribution in [0.25, 0.3) is 10.4 Å². The van der Waals surface area contributed by atoms with Crippen LogP contribution in [0.4, 0.5) is 0 Å². The summed E-state index contributed by atoms with van der Waals surface area (Å²) >= 11 is 0. The van der Waals surface area contributed by atoms with Crippen LogP contribution in [-0.4, -0.2) is 178 Å². The van der Waals surface area contributed by atoms with Gasteiger partial charge in [0.15, 0.2) is 24.4 Å². The van der Waals surface area contributed by atoms with Gasteiger partial charge in [-0.2, -0.15) is 0 Å². The van der Waals surface area contributed by atoms with E-state index in [1.165, 1.54) is 0 Å². The maximum absolute atomic E-state index is 16.8. The van der Waals surface area contributed by atoms with Crippen LogP contribution < -0.4 is 16.0 Å². The number of amides is 3. The molecule has 4 saturated heterocycles. The molecule has 3 N–H and O–H groups in total. The number of carbonyl (C=O) groups excluding carboxylic acids is 4. The van der Waals surface area contributed by atoms with Crippen LogP contribution >= 0.6 is 0 Å². The lowest BCUT2D eigenvalue weighted by Gasteiger charge is -2.47. The minimum Gasteiger partial charge on any atom is -0.458 e. The molecule has 744 valence electrons. The van der Waals surface area contributed by atoms with Crippen molar-refractivity contribution in [1.29, 1.82) is 0 Å². The Balaban J connectivity index is 0.772. The summed E-state index contributed by atoms with van der Waals surface area (Å²) in [5.74, 6) is -2.87. The van der Waals surface area contributed by atoms with Crippen LogP contribution in [0.15, 0.2) is 369 Å². The second-order valence-electron chi connectivity index (χ2n) is 36.7. The Morgan fingerprint density at radius 1 is 0.245 bits per heavy atom. The molecule has 27 nitrogen and oxygen atoms in total. The lowest BCUT2D eigenvalue weighted by molar-refractivity contribution is -0.268. The van der Waals surface area contributed by atoms with Gasteiger partial charge in [0.2, 0.25) is 0 Å². The number of carbonyl (C=O) groups is 4. The Hall–Kier alpha value is -12.8. The number of nitrogens with one attached hydrogen (secondary N) is 3. The van der Waals surface area contributed by atoms with E-state index < -0.39 is 158 Å². The highest BCUT2D eigenvalue weighted by Crippen LogP contribution is 2.39. The second-order valence-corrected chi connectivity index (χ2v) is 36.7. The summed E-state index contributed by atoms with van der Waals surface area (Å²) in [6.07, 6.45) is -24.9. The normalized spacial score (nSPS) is 24.3. The number of ether oxygens (including phenoxy) is 17. The molecular formula is C116H124N6O21. The molecule has 4 fully saturated rings. The van der Waals surface area contributed by atoms with Crippen LogP contribution in [0.2, 0.25) is 0 Å². The average Bonchev–Trinajstić information content (AvgIpc) is 0.775. The van der Waals surface area contributed by atoms with Gasteiger partial charge in [-0.05, 0) is 93.1 Å². The van der Waals surface area contributed by atoms with Crippen LogP contribution in [-0.2, 0) is 179 Å². The number of hydrogen-bond acceptors (Lipinski definition) is 22. The largest absolute Gasteiger partial charge is 0.458 e. The zero-order chi connectivity index (χ0) is 98.6. The van der Waals surface area contributed by atoms with Gasteiger partial charge in [0.1, 0.15) is 97.2 Å². The SMILES string of the molecule is CC(C)(C)OC(=O)[C@@H]1O[C@H](CNC(=O)[C@@H]2O[C@H](CNC(=O)[C@@H]3O[C@H](CNC(=O)[C@@H]4O[C@H](CN=[N+]=[N-])[C@@H](OCc5ccccc5)[C@H](OCc5ccccc5)[C@H]4OCc4ccccc4)[C@@H](OCc4ccccc4)[C@H](OCc4ccccc4)[C@H]3OCc3ccccc3)[C@@H](OCc3ccccc3)[C@H](OCc3ccccc3)[C@H]2OCc2ccccc2)[C@@H](OCc2ccccc2)[C@H](OCc2ccccc2)[C@H]1OCc1ccccc1. The molecule has 143 heavy (non-hydrogen) atoms. The summed E-state index contributed by atoms with van der Waals surface area (Å²) in [5, 5.41) is 13.7. The van der Waals surface area contributed by atoms with Gasteiger partial charge in [0, 0.05) is 24.5 Å². The highest BCUT2D eigenvalue weighted by atomic mass is 16.7. The first-order valence-electron chi connectivity index (χ1n) is 48.7. The smallest absolute Gasteiger partial charge is 0.338 e. The van der Waals surface area contributed by atoms with E-state index in [0.717, 1.165) is 66.8 Å². The lowest BCUT2D eigenvalue weighted by atomic mass is 9.91. The molecule has 0 radical (unpaired) electrons. The van der Waals surface area contributed by atoms with Crippen LogP contribution in [0.1, 0.15) is 87.5 Å². The number of nitrogens with zero attached hydrogens (tertiary/aromatic N) is 3. The van der Waals surface area contributed by atoms with Gasteiger partial charge >= 0.3 is 5.97 Å². The van der Waals surface area contributed by atoms with E-state index in [-0.39, 0.29) is 98.9 Å². The molecule has 4 aliphatic heterocycles. The molecule has 0 spiro atoms. The van der Waals surface area contributed by atoms with Gasteiger partial charge in [-0.15, -0.1) is 0 Å². The highest BCUT2D eigenvalue weighted by Gasteiger charge is 2.57. The van der Waals surface area contributed by atoms with Crippen molar-refractivity contribution < 1.29 is 99.7 Å². The minimum absolute atomic E-state index is 0.00128. The molecule has 16 rings (SSSR count). The topological polar surface area (TPSA) is 310 Å². The van der Waals surface area contributed by atoms with Gasteiger partial charge in [-0.25, -0.2) is 4.79 Å². The van der Waals surface area contributed by atoms with E-state index in [2.05, 4.69) is 26.0 Å². The predicted octanol–water partition coefficient (Wildman–Crippen LogP) is 17.1. The molecule has 12 aromatic carbocycles. The second kappa shape index (κ2) is 53.5. The van der Waals surface area contributed by atoms with E-state index in [1.807, 2.05) is 364 Å². The lowest BCUT2D eigenvalue weighted by Crippen LogP contribution is -2.68. The Bertz CT molecular complexity index is 5840. The Labute approximate surface area is 834 Å². The van der Waals surface area contributed by atoms with Crippen molar-refractivity contribution in [2.45, 2.75) is 228 Å². The number of rotatable bonds is 48. The average molecular weight is 1940 g/mol. The van der Waals surface area contributed by atoms with Gasteiger partial charge in [0.05, 0.1) is 91.9 Å². The molecular weight excluding hydrogens is 1810 g/mol. The van der Waals surface area contributed by atoms with Crippen LogP contribution in [0.3, 0.4) is 0 Å². The van der Waals surface area contributed by atoms with Gasteiger partial charge < -0.3 is 96.5 Å². The molecule has 0 unspecified atom stereocenters. The number of esters is 1. The molecule has 3 amide bonds. The molecule has 0 aromatic heterocycles. The van der Waals surface area contributed by atoms with Crippen molar-refractivity contribution >= 4 is 23.7 Å². The summed E-state index contributed by atoms with van der Waals surface area (Å²) in [5.41, 5.74) is 18.6. The van der Waals surface area contributed by atoms with Gasteiger partial charge in [-0.3, -0.25) is 14.4 Å². The van der Waals surface area contributed by atoms with E-state index in [9.17, 15) is 5.53 Å².